The molecule has 0 aromatic heterocycles. The molecule has 0 spiro atoms. The van der Waals surface area contributed by atoms with E-state index in [1.54, 1.807) is 12.1 Å². The van der Waals surface area contributed by atoms with E-state index in [0.29, 0.717) is 23.9 Å². The molecule has 28 heavy (non-hydrogen) atoms. The maximum atomic E-state index is 12.9. The fourth-order valence-corrected chi connectivity index (χ4v) is 5.56. The van der Waals surface area contributed by atoms with Gasteiger partial charge in [0.25, 0.3) is 5.91 Å². The number of hydrogen-bond acceptors (Lipinski definition) is 4. The van der Waals surface area contributed by atoms with E-state index in [4.69, 9.17) is 0 Å². The maximum Gasteiger partial charge on any atom is 0.253 e. The minimum atomic E-state index is -3.49. The van der Waals surface area contributed by atoms with Gasteiger partial charge in [-0.3, -0.25) is 4.79 Å². The largest absolute Gasteiger partial charge is 0.338 e. The van der Waals surface area contributed by atoms with Gasteiger partial charge < -0.3 is 4.90 Å². The van der Waals surface area contributed by atoms with Gasteiger partial charge in [0.2, 0.25) is 10.0 Å². The third-order valence-corrected chi connectivity index (χ3v) is 8.18. The summed E-state index contributed by atoms with van der Waals surface area (Å²) in [5.74, 6) is 0.845. The van der Waals surface area contributed by atoms with Gasteiger partial charge in [0.15, 0.2) is 0 Å². The van der Waals surface area contributed by atoms with Gasteiger partial charge in [0.05, 0.1) is 4.90 Å². The average molecular weight is 419 g/mol. The fourth-order valence-electron chi connectivity index (χ4n) is 3.33. The lowest BCUT2D eigenvalue weighted by atomic mass is 10.0. The Bertz CT molecular complexity index is 940. The number of benzene rings is 2. The number of carbonyl (C=O) groups is 1. The van der Waals surface area contributed by atoms with Crippen molar-refractivity contribution in [3.63, 3.8) is 0 Å². The molecule has 2 aromatic carbocycles. The van der Waals surface area contributed by atoms with Crippen LogP contribution in [0.2, 0.25) is 0 Å². The normalized spacial score (nSPS) is 18.1. The smallest absolute Gasteiger partial charge is 0.253 e. The molecule has 1 heterocycles. The van der Waals surface area contributed by atoms with Crippen molar-refractivity contribution >= 4 is 27.7 Å². The number of sulfonamides is 1. The predicted molar refractivity (Wildman–Crippen MR) is 114 cm³/mol. The van der Waals surface area contributed by atoms with Crippen LogP contribution >= 0.6 is 11.8 Å². The Kier molecular flexibility index (Phi) is 6.47. The summed E-state index contributed by atoms with van der Waals surface area (Å²) in [6.07, 6.45) is 0.911. The van der Waals surface area contributed by atoms with Crippen molar-refractivity contribution in [2.24, 2.45) is 0 Å². The number of hydrogen-bond donors (Lipinski definition) is 0. The van der Waals surface area contributed by atoms with E-state index >= 15 is 0 Å². The van der Waals surface area contributed by atoms with Crippen LogP contribution < -0.4 is 0 Å². The van der Waals surface area contributed by atoms with Gasteiger partial charge in [0, 0.05) is 43.8 Å². The molecule has 0 N–H and O–H groups in total. The molecule has 0 aliphatic carbocycles. The minimum absolute atomic E-state index is 0.0418. The Morgan fingerprint density at radius 3 is 2.39 bits per heavy atom. The highest BCUT2D eigenvalue weighted by Gasteiger charge is 2.24. The average Bonchev–Trinajstić information content (AvgIpc) is 2.94. The Morgan fingerprint density at radius 2 is 1.75 bits per heavy atom. The van der Waals surface area contributed by atoms with Crippen LogP contribution in [0.25, 0.3) is 0 Å². The van der Waals surface area contributed by atoms with E-state index in [9.17, 15) is 13.2 Å². The van der Waals surface area contributed by atoms with Gasteiger partial charge in [-0.2, -0.15) is 11.8 Å². The van der Waals surface area contributed by atoms with Crippen molar-refractivity contribution in [1.29, 1.82) is 0 Å². The first-order valence-electron chi connectivity index (χ1n) is 9.29. The molecular formula is C21H26N2O3S2. The zero-order chi connectivity index (χ0) is 20.3. The highest BCUT2D eigenvalue weighted by atomic mass is 32.2. The van der Waals surface area contributed by atoms with Crippen molar-refractivity contribution in [2.75, 3.05) is 32.9 Å². The number of aryl methyl sites for hydroxylation is 1. The summed E-state index contributed by atoms with van der Waals surface area (Å²) < 4.78 is 25.5. The van der Waals surface area contributed by atoms with Crippen LogP contribution in [0, 0.1) is 6.92 Å². The van der Waals surface area contributed by atoms with Crippen LogP contribution in [0.4, 0.5) is 0 Å². The molecule has 3 rings (SSSR count). The van der Waals surface area contributed by atoms with Gasteiger partial charge in [0.1, 0.15) is 0 Å². The second kappa shape index (κ2) is 8.68. The third-order valence-electron chi connectivity index (χ3n) is 5.04. The molecule has 1 saturated heterocycles. The summed E-state index contributed by atoms with van der Waals surface area (Å²) in [7, 11) is -0.499. The molecule has 1 amide bonds. The third kappa shape index (κ3) is 4.42. The van der Waals surface area contributed by atoms with Crippen LogP contribution in [0.5, 0.6) is 0 Å². The Labute approximate surface area is 171 Å². The van der Waals surface area contributed by atoms with Crippen molar-refractivity contribution < 1.29 is 13.2 Å². The fraction of sp³-hybridized carbons (Fsp3) is 0.381. The van der Waals surface area contributed by atoms with E-state index in [1.165, 1.54) is 41.7 Å². The standard InChI is InChI=1S/C21H26N2O3S2/c1-16-6-4-5-7-19(16)20-12-13-23(14-15-27-20)21(24)17-8-10-18(11-9-17)28(25,26)22(2)3/h4-11,20H,12-15H2,1-3H3. The highest BCUT2D eigenvalue weighted by molar-refractivity contribution is 7.99. The number of carbonyl (C=O) groups excluding carboxylic acids is 1. The Hall–Kier alpha value is -1.83. The van der Waals surface area contributed by atoms with E-state index in [2.05, 4.69) is 31.2 Å². The summed E-state index contributed by atoms with van der Waals surface area (Å²) in [6, 6.07) is 14.7. The quantitative estimate of drug-likeness (QED) is 0.762. The zero-order valence-electron chi connectivity index (χ0n) is 16.5. The lowest BCUT2D eigenvalue weighted by Crippen LogP contribution is -2.33. The van der Waals surface area contributed by atoms with Gasteiger partial charge in [-0.15, -0.1) is 0 Å². The SMILES string of the molecule is Cc1ccccc1C1CCN(C(=O)c2ccc(S(=O)(=O)N(C)C)cc2)CCS1. The van der Waals surface area contributed by atoms with Gasteiger partial charge in [-0.05, 0) is 48.7 Å². The van der Waals surface area contributed by atoms with E-state index in [0.717, 1.165) is 12.2 Å². The molecule has 0 radical (unpaired) electrons. The second-order valence-electron chi connectivity index (χ2n) is 7.11. The molecule has 0 saturated carbocycles. The van der Waals surface area contributed by atoms with Crippen LogP contribution in [0.15, 0.2) is 53.4 Å². The first-order chi connectivity index (χ1) is 13.3. The maximum absolute atomic E-state index is 12.9. The van der Waals surface area contributed by atoms with Crippen LogP contribution in [0.1, 0.15) is 33.2 Å². The van der Waals surface area contributed by atoms with Crippen molar-refractivity contribution in [3.05, 3.63) is 65.2 Å². The monoisotopic (exact) mass is 418 g/mol. The first kappa shape index (κ1) is 20.9. The summed E-state index contributed by atoms with van der Waals surface area (Å²) in [4.78, 5) is 15.0. The van der Waals surface area contributed by atoms with E-state index in [-0.39, 0.29) is 10.8 Å². The van der Waals surface area contributed by atoms with Crippen molar-refractivity contribution in [1.82, 2.24) is 9.21 Å². The lowest BCUT2D eigenvalue weighted by Gasteiger charge is -2.21. The molecule has 2 aromatic rings. The molecule has 150 valence electrons. The van der Waals surface area contributed by atoms with Crippen LogP contribution in [-0.2, 0) is 10.0 Å². The molecule has 1 fully saturated rings. The Morgan fingerprint density at radius 1 is 1.07 bits per heavy atom. The van der Waals surface area contributed by atoms with Gasteiger partial charge in [-0.25, -0.2) is 12.7 Å². The van der Waals surface area contributed by atoms with E-state index < -0.39 is 10.0 Å². The summed E-state index contributed by atoms with van der Waals surface area (Å²) in [6.45, 7) is 3.53. The summed E-state index contributed by atoms with van der Waals surface area (Å²) in [5.41, 5.74) is 3.16. The first-order valence-corrected chi connectivity index (χ1v) is 11.8. The number of rotatable bonds is 4. The van der Waals surface area contributed by atoms with Crippen molar-refractivity contribution in [3.8, 4) is 0 Å². The minimum Gasteiger partial charge on any atom is -0.338 e. The molecule has 7 heteroatoms. The van der Waals surface area contributed by atoms with Crippen LogP contribution in [0.3, 0.4) is 0 Å². The van der Waals surface area contributed by atoms with Gasteiger partial charge in [-0.1, -0.05) is 24.3 Å². The number of thioether (sulfide) groups is 1. The second-order valence-corrected chi connectivity index (χ2v) is 10.6. The molecule has 5 nitrogen and oxygen atoms in total. The molecule has 1 aliphatic heterocycles. The lowest BCUT2D eigenvalue weighted by molar-refractivity contribution is 0.0766. The van der Waals surface area contributed by atoms with Crippen LogP contribution in [-0.4, -0.2) is 56.5 Å². The summed E-state index contributed by atoms with van der Waals surface area (Å²) >= 11 is 1.90. The van der Waals surface area contributed by atoms with E-state index in [1.807, 2.05) is 16.7 Å². The van der Waals surface area contributed by atoms with Crippen molar-refractivity contribution in [2.45, 2.75) is 23.5 Å². The molecule has 1 unspecified atom stereocenters. The summed E-state index contributed by atoms with van der Waals surface area (Å²) in [5, 5.41) is 0.395. The molecule has 1 aliphatic rings. The molecule has 1 atom stereocenters. The highest BCUT2D eigenvalue weighted by Crippen LogP contribution is 2.36. The number of amides is 1. The van der Waals surface area contributed by atoms with Gasteiger partial charge >= 0.3 is 0 Å². The molecular weight excluding hydrogens is 392 g/mol. The predicted octanol–water partition coefficient (Wildman–Crippen LogP) is 3.57. The Balaban J connectivity index is 1.71. The number of nitrogens with zero attached hydrogens (tertiary/aromatic N) is 2. The topological polar surface area (TPSA) is 57.7 Å². The zero-order valence-corrected chi connectivity index (χ0v) is 18.1. The molecule has 0 bridgehead atoms.